The van der Waals surface area contributed by atoms with Crippen LogP contribution in [0.3, 0.4) is 0 Å². The fourth-order valence-electron chi connectivity index (χ4n) is 2.87. The number of rotatable bonds is 1. The van der Waals surface area contributed by atoms with Gasteiger partial charge in [0.1, 0.15) is 5.82 Å². The highest BCUT2D eigenvalue weighted by atomic mass is 35.5. The Bertz CT molecular complexity index is 682. The van der Waals surface area contributed by atoms with E-state index in [0.717, 1.165) is 17.7 Å². The molecule has 0 N–H and O–H groups in total. The van der Waals surface area contributed by atoms with Crippen molar-refractivity contribution in [2.45, 2.75) is 26.7 Å². The smallest absolute Gasteiger partial charge is 0.165 e. The third-order valence-electron chi connectivity index (χ3n) is 3.70. The summed E-state index contributed by atoms with van der Waals surface area (Å²) in [4.78, 5) is 12.2. The van der Waals surface area contributed by atoms with Gasteiger partial charge in [0.05, 0.1) is 0 Å². The molecule has 0 aliphatic heterocycles. The van der Waals surface area contributed by atoms with Crippen LogP contribution in [0, 0.1) is 11.2 Å². The number of halogens is 2. The van der Waals surface area contributed by atoms with Crippen molar-refractivity contribution in [3.63, 3.8) is 0 Å². The number of hydrogen-bond donors (Lipinski definition) is 0. The maximum absolute atomic E-state index is 13.5. The lowest BCUT2D eigenvalue weighted by Crippen LogP contribution is -2.27. The highest BCUT2D eigenvalue weighted by Gasteiger charge is 2.33. The Morgan fingerprint density at radius 2 is 2.00 bits per heavy atom. The van der Waals surface area contributed by atoms with E-state index in [-0.39, 0.29) is 17.0 Å². The van der Waals surface area contributed by atoms with Gasteiger partial charge in [-0.3, -0.25) is 4.79 Å². The van der Waals surface area contributed by atoms with E-state index in [4.69, 9.17) is 11.6 Å². The Balaban J connectivity index is 2.15. The quantitative estimate of drug-likeness (QED) is 0.762. The second kappa shape index (κ2) is 4.45. The molecular weight excluding hydrogens is 277 g/mol. The van der Waals surface area contributed by atoms with Crippen LogP contribution in [-0.4, -0.2) is 10.4 Å². The molecule has 1 heterocycles. The molecule has 3 rings (SSSR count). The largest absolute Gasteiger partial charge is 0.320 e. The standard InChI is InChI=1S/C16H15ClFNO/c1-16(2)8-14-13(15(20)9-16)3-4-19(14)12-6-10(17)5-11(18)7-12/h3-7H,8-9H2,1-2H3. The van der Waals surface area contributed by atoms with Crippen molar-refractivity contribution in [1.29, 1.82) is 0 Å². The molecule has 0 saturated carbocycles. The van der Waals surface area contributed by atoms with E-state index >= 15 is 0 Å². The molecule has 0 unspecified atom stereocenters. The minimum atomic E-state index is -0.378. The molecule has 104 valence electrons. The molecule has 1 aliphatic rings. The number of fused-ring (bicyclic) bond motifs is 1. The van der Waals surface area contributed by atoms with E-state index in [2.05, 4.69) is 13.8 Å². The summed E-state index contributed by atoms with van der Waals surface area (Å²) in [6.07, 6.45) is 3.15. The van der Waals surface area contributed by atoms with Gasteiger partial charge in [-0.2, -0.15) is 0 Å². The summed E-state index contributed by atoms with van der Waals surface area (Å²) in [5.74, 6) is -0.228. The average molecular weight is 292 g/mol. The second-order valence-corrected chi connectivity index (χ2v) is 6.55. The van der Waals surface area contributed by atoms with Crippen LogP contribution in [-0.2, 0) is 6.42 Å². The lowest BCUT2D eigenvalue weighted by atomic mass is 9.76. The Kier molecular flexibility index (Phi) is 2.98. The zero-order valence-corrected chi connectivity index (χ0v) is 12.2. The molecule has 0 atom stereocenters. The van der Waals surface area contributed by atoms with Crippen molar-refractivity contribution >= 4 is 17.4 Å². The van der Waals surface area contributed by atoms with Gasteiger partial charge in [-0.15, -0.1) is 0 Å². The minimum absolute atomic E-state index is 0.0721. The van der Waals surface area contributed by atoms with Gasteiger partial charge in [-0.05, 0) is 36.1 Å². The SMILES string of the molecule is CC1(C)CC(=O)c2ccn(-c3cc(F)cc(Cl)c3)c2C1. The maximum Gasteiger partial charge on any atom is 0.165 e. The molecule has 0 bridgehead atoms. The summed E-state index contributed by atoms with van der Waals surface area (Å²) in [6.45, 7) is 4.15. The summed E-state index contributed by atoms with van der Waals surface area (Å²) in [5, 5.41) is 0.351. The van der Waals surface area contributed by atoms with Crippen LogP contribution in [0.15, 0.2) is 30.5 Å². The zero-order chi connectivity index (χ0) is 14.5. The zero-order valence-electron chi connectivity index (χ0n) is 11.4. The van der Waals surface area contributed by atoms with Crippen LogP contribution in [0.1, 0.15) is 36.3 Å². The van der Waals surface area contributed by atoms with Crippen LogP contribution in [0.5, 0.6) is 0 Å². The first kappa shape index (κ1) is 13.4. The lowest BCUT2D eigenvalue weighted by Gasteiger charge is -2.29. The van der Waals surface area contributed by atoms with Gasteiger partial charge >= 0.3 is 0 Å². The van der Waals surface area contributed by atoms with Gasteiger partial charge in [-0.25, -0.2) is 4.39 Å². The minimum Gasteiger partial charge on any atom is -0.320 e. The Labute approximate surface area is 122 Å². The normalized spacial score (nSPS) is 17.1. The molecule has 1 aromatic heterocycles. The average Bonchev–Trinajstić information content (AvgIpc) is 2.69. The predicted octanol–water partition coefficient (Wildman–Crippen LogP) is 4.42. The molecule has 2 aromatic rings. The molecule has 1 aliphatic carbocycles. The van der Waals surface area contributed by atoms with Gasteiger partial charge in [0.2, 0.25) is 0 Å². The fraction of sp³-hybridized carbons (Fsp3) is 0.312. The lowest BCUT2D eigenvalue weighted by molar-refractivity contribution is 0.0911. The summed E-state index contributed by atoms with van der Waals surface area (Å²) in [6, 6.07) is 6.22. The molecule has 0 amide bonds. The van der Waals surface area contributed by atoms with Gasteiger partial charge in [0, 0.05) is 34.6 Å². The third-order valence-corrected chi connectivity index (χ3v) is 3.92. The van der Waals surface area contributed by atoms with Crippen molar-refractivity contribution < 1.29 is 9.18 Å². The Morgan fingerprint density at radius 3 is 2.70 bits per heavy atom. The fourth-order valence-corrected chi connectivity index (χ4v) is 3.08. The van der Waals surface area contributed by atoms with Crippen LogP contribution in [0.25, 0.3) is 5.69 Å². The second-order valence-electron chi connectivity index (χ2n) is 6.11. The van der Waals surface area contributed by atoms with Crippen molar-refractivity contribution in [2.24, 2.45) is 5.41 Å². The molecule has 0 radical (unpaired) electrons. The van der Waals surface area contributed by atoms with E-state index in [1.54, 1.807) is 6.07 Å². The van der Waals surface area contributed by atoms with Crippen molar-refractivity contribution in [1.82, 2.24) is 4.57 Å². The molecule has 4 heteroatoms. The van der Waals surface area contributed by atoms with Crippen molar-refractivity contribution in [3.05, 3.63) is 52.6 Å². The number of carbonyl (C=O) groups excluding carboxylic acids is 1. The summed E-state index contributed by atoms with van der Waals surface area (Å²) in [7, 11) is 0. The summed E-state index contributed by atoms with van der Waals surface area (Å²) >= 11 is 5.91. The first-order chi connectivity index (χ1) is 9.35. The van der Waals surface area contributed by atoms with Gasteiger partial charge < -0.3 is 4.57 Å². The van der Waals surface area contributed by atoms with E-state index < -0.39 is 0 Å². The number of benzene rings is 1. The van der Waals surface area contributed by atoms with Gasteiger partial charge in [0.15, 0.2) is 5.78 Å². The first-order valence-corrected chi connectivity index (χ1v) is 6.93. The highest BCUT2D eigenvalue weighted by Crippen LogP contribution is 2.36. The van der Waals surface area contributed by atoms with Crippen molar-refractivity contribution in [3.8, 4) is 5.69 Å². The third kappa shape index (κ3) is 2.27. The predicted molar refractivity (Wildman–Crippen MR) is 77.2 cm³/mol. The van der Waals surface area contributed by atoms with E-state index in [0.29, 0.717) is 17.1 Å². The van der Waals surface area contributed by atoms with Crippen LogP contribution in [0.2, 0.25) is 5.02 Å². The summed E-state index contributed by atoms with van der Waals surface area (Å²) in [5.41, 5.74) is 2.26. The monoisotopic (exact) mass is 291 g/mol. The number of nitrogens with zero attached hydrogens (tertiary/aromatic N) is 1. The van der Waals surface area contributed by atoms with Gasteiger partial charge in [-0.1, -0.05) is 25.4 Å². The number of carbonyl (C=O) groups is 1. The van der Waals surface area contributed by atoms with Crippen molar-refractivity contribution in [2.75, 3.05) is 0 Å². The molecule has 20 heavy (non-hydrogen) atoms. The number of Topliss-reactive ketones (excluding diaryl/α,β-unsaturated/α-hetero) is 1. The molecule has 1 aromatic carbocycles. The number of aromatic nitrogens is 1. The first-order valence-electron chi connectivity index (χ1n) is 6.56. The number of hydrogen-bond acceptors (Lipinski definition) is 1. The molecule has 0 fully saturated rings. The topological polar surface area (TPSA) is 22.0 Å². The Morgan fingerprint density at radius 1 is 1.25 bits per heavy atom. The molecule has 0 saturated heterocycles. The number of ketones is 1. The van der Waals surface area contributed by atoms with Gasteiger partial charge in [0.25, 0.3) is 0 Å². The van der Waals surface area contributed by atoms with E-state index in [9.17, 15) is 9.18 Å². The molecule has 0 spiro atoms. The molecular formula is C16H15ClFNO. The summed E-state index contributed by atoms with van der Waals surface area (Å²) < 4.78 is 15.4. The van der Waals surface area contributed by atoms with E-state index in [1.807, 2.05) is 16.8 Å². The highest BCUT2D eigenvalue weighted by molar-refractivity contribution is 6.30. The molecule has 2 nitrogen and oxygen atoms in total. The Hall–Kier alpha value is -1.61. The maximum atomic E-state index is 13.5. The van der Waals surface area contributed by atoms with E-state index in [1.165, 1.54) is 12.1 Å². The van der Waals surface area contributed by atoms with Crippen LogP contribution >= 0.6 is 11.6 Å². The van der Waals surface area contributed by atoms with Crippen LogP contribution in [0.4, 0.5) is 4.39 Å². The van der Waals surface area contributed by atoms with Crippen LogP contribution < -0.4 is 0 Å².